The van der Waals surface area contributed by atoms with Gasteiger partial charge in [0.15, 0.2) is 0 Å². The van der Waals surface area contributed by atoms with Crippen LogP contribution >= 0.6 is 0 Å². The third-order valence-electron chi connectivity index (χ3n) is 3.26. The maximum atomic E-state index is 12.4. The van der Waals surface area contributed by atoms with Crippen molar-refractivity contribution in [2.45, 2.75) is 39.7 Å². The van der Waals surface area contributed by atoms with E-state index in [0.29, 0.717) is 6.07 Å². The van der Waals surface area contributed by atoms with Crippen LogP contribution in [-0.2, 0) is 23.7 Å². The molecule has 1 N–H and O–H groups in total. The minimum atomic E-state index is -4.49. The van der Waals surface area contributed by atoms with E-state index in [9.17, 15) is 31.1 Å². The van der Waals surface area contributed by atoms with Gasteiger partial charge in [0.05, 0.1) is 30.0 Å². The highest BCUT2D eigenvalue weighted by Crippen LogP contribution is 2.30. The van der Waals surface area contributed by atoms with Crippen LogP contribution < -0.4 is 0 Å². The van der Waals surface area contributed by atoms with Gasteiger partial charge in [-0.1, -0.05) is 0 Å². The monoisotopic (exact) mass is 424 g/mol. The Labute approximate surface area is 162 Å². The molecule has 0 saturated heterocycles. The second-order valence-corrected chi connectivity index (χ2v) is 5.75. The molecule has 5 nitrogen and oxygen atoms in total. The number of aliphatic hydroxyl groups is 1. The quantitative estimate of drug-likeness (QED) is 0.581. The predicted molar refractivity (Wildman–Crippen MR) is 89.8 cm³/mol. The molecule has 29 heavy (non-hydrogen) atoms. The summed E-state index contributed by atoms with van der Waals surface area (Å²) in [6.07, 6.45) is -8.87. The maximum Gasteiger partial charge on any atom is 0.416 e. The Morgan fingerprint density at radius 3 is 1.86 bits per heavy atom. The van der Waals surface area contributed by atoms with E-state index in [2.05, 4.69) is 14.7 Å². The Morgan fingerprint density at radius 2 is 1.41 bits per heavy atom. The second-order valence-electron chi connectivity index (χ2n) is 5.75. The summed E-state index contributed by atoms with van der Waals surface area (Å²) in [5.41, 5.74) is -1.59. The number of carbonyl (C=O) groups is 1. The summed E-state index contributed by atoms with van der Waals surface area (Å²) in [6.45, 7) is 4.02. The van der Waals surface area contributed by atoms with Crippen molar-refractivity contribution in [3.8, 4) is 0 Å². The van der Waals surface area contributed by atoms with E-state index in [-0.39, 0.29) is 29.4 Å². The van der Waals surface area contributed by atoms with Gasteiger partial charge in [-0.3, -0.25) is 4.98 Å². The van der Waals surface area contributed by atoms with E-state index in [4.69, 9.17) is 5.11 Å². The van der Waals surface area contributed by atoms with Gasteiger partial charge in [0.25, 0.3) is 0 Å². The number of halogens is 6. The van der Waals surface area contributed by atoms with Crippen molar-refractivity contribution in [3.63, 3.8) is 0 Å². The first-order valence-corrected chi connectivity index (χ1v) is 8.16. The lowest BCUT2D eigenvalue weighted by Gasteiger charge is -2.09. The number of carbonyl (C=O) groups excluding carboxylic acids is 1. The lowest BCUT2D eigenvalue weighted by atomic mass is 10.2. The van der Waals surface area contributed by atoms with Gasteiger partial charge in [0.1, 0.15) is 5.69 Å². The Bertz CT molecular complexity index is 850. The Morgan fingerprint density at radius 1 is 0.931 bits per heavy atom. The highest BCUT2D eigenvalue weighted by Gasteiger charge is 2.32. The van der Waals surface area contributed by atoms with Crippen molar-refractivity contribution in [3.05, 3.63) is 58.2 Å². The van der Waals surface area contributed by atoms with E-state index < -0.39 is 36.1 Å². The lowest BCUT2D eigenvalue weighted by molar-refractivity contribution is -0.138. The van der Waals surface area contributed by atoms with Gasteiger partial charge in [-0.05, 0) is 45.0 Å². The van der Waals surface area contributed by atoms with Crippen LogP contribution in [0.3, 0.4) is 0 Å². The maximum absolute atomic E-state index is 12.4. The fourth-order valence-corrected chi connectivity index (χ4v) is 2.12. The number of esters is 1. The number of aryl methyl sites for hydroxylation is 2. The molecule has 0 fully saturated rings. The first-order valence-electron chi connectivity index (χ1n) is 8.16. The van der Waals surface area contributed by atoms with Gasteiger partial charge in [-0.2, -0.15) is 26.3 Å². The minimum Gasteiger partial charge on any atom is -0.461 e. The molecule has 0 unspecified atom stereocenters. The summed E-state index contributed by atoms with van der Waals surface area (Å²) in [5.74, 6) is -0.850. The van der Waals surface area contributed by atoms with Crippen LogP contribution in [0.15, 0.2) is 24.3 Å². The normalized spacial score (nSPS) is 11.5. The summed E-state index contributed by atoms with van der Waals surface area (Å²) in [6, 6.07) is 3.35. The number of hydrogen-bond acceptors (Lipinski definition) is 5. The highest BCUT2D eigenvalue weighted by atomic mass is 19.4. The van der Waals surface area contributed by atoms with Crippen LogP contribution in [0.25, 0.3) is 0 Å². The van der Waals surface area contributed by atoms with Crippen LogP contribution in [0.2, 0.25) is 0 Å². The zero-order valence-corrected chi connectivity index (χ0v) is 15.6. The van der Waals surface area contributed by atoms with Gasteiger partial charge in [0, 0.05) is 11.4 Å². The average Bonchev–Trinajstić information content (AvgIpc) is 2.60. The standard InChI is InChI=1S/C10H10F3NO2.C8H8F3NO/c1-3-16-9(15)8-5-7(10(11,12)13)4-6(2)14-8;1-5-2-6(8(9,10)11)3-7(4-13)12-5/h4-5H,3H2,1-2H3;2-3,13H,4H2,1H3. The number of aromatic nitrogens is 2. The van der Waals surface area contributed by atoms with Crippen molar-refractivity contribution < 1.29 is 41.0 Å². The summed E-state index contributed by atoms with van der Waals surface area (Å²) in [5, 5.41) is 8.62. The molecule has 2 aromatic heterocycles. The molecule has 0 aliphatic heterocycles. The second kappa shape index (κ2) is 9.68. The van der Waals surface area contributed by atoms with Gasteiger partial charge in [-0.25, -0.2) is 9.78 Å². The highest BCUT2D eigenvalue weighted by molar-refractivity contribution is 5.87. The molecule has 0 saturated carbocycles. The van der Waals surface area contributed by atoms with Crippen molar-refractivity contribution in [2.75, 3.05) is 6.61 Å². The molecule has 0 spiro atoms. The van der Waals surface area contributed by atoms with Crippen LogP contribution in [0, 0.1) is 13.8 Å². The molecule has 0 aliphatic carbocycles. The van der Waals surface area contributed by atoms with Crippen molar-refractivity contribution in [1.29, 1.82) is 0 Å². The number of pyridine rings is 2. The molecule has 2 aromatic rings. The Balaban J connectivity index is 0.000000296. The first kappa shape index (κ1) is 24.3. The fourth-order valence-electron chi connectivity index (χ4n) is 2.12. The smallest absolute Gasteiger partial charge is 0.416 e. The Hall–Kier alpha value is -2.69. The summed E-state index contributed by atoms with van der Waals surface area (Å²) in [4.78, 5) is 18.6. The molecule has 0 aliphatic rings. The van der Waals surface area contributed by atoms with Gasteiger partial charge in [0.2, 0.25) is 0 Å². The topological polar surface area (TPSA) is 72.3 Å². The molecule has 0 atom stereocenters. The van der Waals surface area contributed by atoms with E-state index in [0.717, 1.165) is 18.2 Å². The molecule has 160 valence electrons. The predicted octanol–water partition coefficient (Wildman–Crippen LogP) is 4.49. The number of alkyl halides is 6. The van der Waals surface area contributed by atoms with Crippen LogP contribution in [0.4, 0.5) is 26.3 Å². The number of aliphatic hydroxyl groups excluding tert-OH is 1. The van der Waals surface area contributed by atoms with Crippen LogP contribution in [-0.4, -0.2) is 27.7 Å². The van der Waals surface area contributed by atoms with E-state index >= 15 is 0 Å². The molecule has 0 radical (unpaired) electrons. The largest absolute Gasteiger partial charge is 0.461 e. The zero-order valence-electron chi connectivity index (χ0n) is 15.6. The number of nitrogens with zero attached hydrogens (tertiary/aromatic N) is 2. The third kappa shape index (κ3) is 7.68. The molecule has 0 amide bonds. The third-order valence-corrected chi connectivity index (χ3v) is 3.26. The lowest BCUT2D eigenvalue weighted by Crippen LogP contribution is -2.12. The summed E-state index contributed by atoms with van der Waals surface area (Å²) in [7, 11) is 0. The van der Waals surface area contributed by atoms with Gasteiger partial charge < -0.3 is 9.84 Å². The number of ether oxygens (including phenoxy) is 1. The van der Waals surface area contributed by atoms with E-state index in [1.807, 2.05) is 0 Å². The van der Waals surface area contributed by atoms with Crippen LogP contribution in [0.1, 0.15) is 45.6 Å². The molecule has 2 rings (SSSR count). The van der Waals surface area contributed by atoms with Crippen LogP contribution in [0.5, 0.6) is 0 Å². The average molecular weight is 424 g/mol. The molecule has 2 heterocycles. The Kier molecular flexibility index (Phi) is 8.13. The summed E-state index contributed by atoms with van der Waals surface area (Å²) >= 11 is 0. The fraction of sp³-hybridized carbons (Fsp3) is 0.389. The number of hydrogen-bond donors (Lipinski definition) is 1. The molecular formula is C18H18F6N2O3. The SMILES string of the molecule is CCOC(=O)c1cc(C(F)(F)F)cc(C)n1.Cc1cc(C(F)(F)F)cc(CO)n1. The molecule has 0 aromatic carbocycles. The summed E-state index contributed by atoms with van der Waals surface area (Å²) < 4.78 is 78.4. The minimum absolute atomic E-state index is 0.0346. The molecular weight excluding hydrogens is 406 g/mol. The van der Waals surface area contributed by atoms with Crippen molar-refractivity contribution in [2.24, 2.45) is 0 Å². The van der Waals surface area contributed by atoms with Gasteiger partial charge >= 0.3 is 18.3 Å². The molecule has 0 bridgehead atoms. The van der Waals surface area contributed by atoms with Crippen molar-refractivity contribution in [1.82, 2.24) is 9.97 Å². The number of rotatable bonds is 3. The van der Waals surface area contributed by atoms with E-state index in [1.165, 1.54) is 13.8 Å². The van der Waals surface area contributed by atoms with E-state index in [1.54, 1.807) is 6.92 Å². The van der Waals surface area contributed by atoms with Crippen molar-refractivity contribution >= 4 is 5.97 Å². The zero-order chi connectivity index (χ0) is 22.4. The van der Waals surface area contributed by atoms with Gasteiger partial charge in [-0.15, -0.1) is 0 Å². The first-order chi connectivity index (χ1) is 13.3. The molecule has 11 heteroatoms.